The summed E-state index contributed by atoms with van der Waals surface area (Å²) in [6.07, 6.45) is 5.75. The van der Waals surface area contributed by atoms with E-state index in [0.29, 0.717) is 0 Å². The van der Waals surface area contributed by atoms with Crippen molar-refractivity contribution >= 4 is 27.3 Å². The van der Waals surface area contributed by atoms with Gasteiger partial charge in [0, 0.05) is 17.8 Å². The number of hydrogen-bond donors (Lipinski definition) is 2. The lowest BCUT2D eigenvalue weighted by Gasteiger charge is -2.15. The third kappa shape index (κ3) is 4.69. The number of nitrogens with zero attached hydrogens (tertiary/aromatic N) is 2. The standard InChI is InChI=1S/C18H20N4O6S/c1-28-16-7-6-12(10-17(16)29(26,27)21-13-4-2-3-5-13)18(23)20-14-8-9-19-11-15(14)22(24)25/h6-11,13,21H,2-5H2,1H3,(H,19,20,23). The Hall–Kier alpha value is -3.05. The first-order chi connectivity index (χ1) is 13.8. The summed E-state index contributed by atoms with van der Waals surface area (Å²) >= 11 is 0. The minimum Gasteiger partial charge on any atom is -0.495 e. The van der Waals surface area contributed by atoms with Gasteiger partial charge in [-0.2, -0.15) is 0 Å². The smallest absolute Gasteiger partial charge is 0.310 e. The molecule has 1 aromatic heterocycles. The molecule has 10 nitrogen and oxygen atoms in total. The molecule has 0 saturated heterocycles. The predicted molar refractivity (Wildman–Crippen MR) is 104 cm³/mol. The van der Waals surface area contributed by atoms with E-state index in [1.165, 1.54) is 37.6 Å². The molecular weight excluding hydrogens is 400 g/mol. The molecule has 0 spiro atoms. The molecule has 0 radical (unpaired) electrons. The summed E-state index contributed by atoms with van der Waals surface area (Å²) in [6, 6.07) is 5.09. The van der Waals surface area contributed by atoms with Crippen LogP contribution in [-0.2, 0) is 10.0 Å². The van der Waals surface area contributed by atoms with E-state index < -0.39 is 20.9 Å². The fourth-order valence-corrected chi connectivity index (χ4v) is 4.69. The Morgan fingerprint density at radius 1 is 1.28 bits per heavy atom. The summed E-state index contributed by atoms with van der Waals surface area (Å²) in [4.78, 5) is 26.5. The van der Waals surface area contributed by atoms with Crippen LogP contribution in [0.3, 0.4) is 0 Å². The summed E-state index contributed by atoms with van der Waals surface area (Å²) in [5.74, 6) is -0.596. The van der Waals surface area contributed by atoms with Crippen molar-refractivity contribution in [3.63, 3.8) is 0 Å². The first kappa shape index (κ1) is 20.7. The first-order valence-corrected chi connectivity index (χ1v) is 10.4. The number of rotatable bonds is 7. The number of hydrogen-bond acceptors (Lipinski definition) is 7. The van der Waals surface area contributed by atoms with Gasteiger partial charge in [0.2, 0.25) is 10.0 Å². The molecule has 0 bridgehead atoms. The van der Waals surface area contributed by atoms with Gasteiger partial charge in [-0.25, -0.2) is 13.1 Å². The predicted octanol–water partition coefficient (Wildman–Crippen LogP) is 2.47. The molecule has 0 atom stereocenters. The first-order valence-electron chi connectivity index (χ1n) is 8.92. The Labute approximate surface area is 167 Å². The zero-order valence-corrected chi connectivity index (χ0v) is 16.4. The van der Waals surface area contributed by atoms with Gasteiger partial charge in [0.1, 0.15) is 22.5 Å². The molecule has 0 unspecified atom stereocenters. The van der Waals surface area contributed by atoms with Crippen LogP contribution in [0.25, 0.3) is 0 Å². The molecule has 2 N–H and O–H groups in total. The number of ether oxygens (including phenoxy) is 1. The minimum absolute atomic E-state index is 0.0173. The number of sulfonamides is 1. The van der Waals surface area contributed by atoms with E-state index in [0.717, 1.165) is 31.9 Å². The van der Waals surface area contributed by atoms with Crippen molar-refractivity contribution in [2.75, 3.05) is 12.4 Å². The zero-order valence-electron chi connectivity index (χ0n) is 15.6. The van der Waals surface area contributed by atoms with Crippen LogP contribution in [0.2, 0.25) is 0 Å². The molecule has 2 aromatic rings. The van der Waals surface area contributed by atoms with Gasteiger partial charge >= 0.3 is 5.69 Å². The zero-order chi connectivity index (χ0) is 21.0. The maximum absolute atomic E-state index is 12.8. The fourth-order valence-electron chi connectivity index (χ4n) is 3.19. The molecule has 1 aliphatic carbocycles. The molecule has 154 valence electrons. The van der Waals surface area contributed by atoms with E-state index in [4.69, 9.17) is 4.74 Å². The molecule has 1 heterocycles. The van der Waals surface area contributed by atoms with Gasteiger partial charge in [-0.05, 0) is 37.1 Å². The highest BCUT2D eigenvalue weighted by Crippen LogP contribution is 2.28. The Kier molecular flexibility index (Phi) is 6.09. The van der Waals surface area contributed by atoms with Crippen molar-refractivity contribution in [3.8, 4) is 5.75 Å². The van der Waals surface area contributed by atoms with Crippen LogP contribution in [0.4, 0.5) is 11.4 Å². The molecule has 1 fully saturated rings. The van der Waals surface area contributed by atoms with Gasteiger partial charge in [-0.1, -0.05) is 12.8 Å². The lowest BCUT2D eigenvalue weighted by atomic mass is 10.2. The Morgan fingerprint density at radius 2 is 2.00 bits per heavy atom. The number of benzene rings is 1. The molecule has 1 amide bonds. The van der Waals surface area contributed by atoms with Crippen molar-refractivity contribution in [3.05, 3.63) is 52.3 Å². The number of methoxy groups -OCH3 is 1. The monoisotopic (exact) mass is 420 g/mol. The van der Waals surface area contributed by atoms with E-state index in [2.05, 4.69) is 15.0 Å². The largest absolute Gasteiger partial charge is 0.495 e. The van der Waals surface area contributed by atoms with Gasteiger partial charge in [-0.3, -0.25) is 19.9 Å². The van der Waals surface area contributed by atoms with Crippen LogP contribution in [0.15, 0.2) is 41.6 Å². The summed E-state index contributed by atoms with van der Waals surface area (Å²) in [7, 11) is -2.57. The van der Waals surface area contributed by atoms with Crippen molar-refractivity contribution in [1.29, 1.82) is 0 Å². The normalized spacial score (nSPS) is 14.5. The number of carbonyl (C=O) groups excluding carboxylic acids is 1. The highest BCUT2D eigenvalue weighted by molar-refractivity contribution is 7.89. The SMILES string of the molecule is COc1ccc(C(=O)Nc2ccncc2[N+](=O)[O-])cc1S(=O)(=O)NC1CCCC1. The number of anilines is 1. The molecule has 1 aliphatic rings. The summed E-state index contributed by atoms with van der Waals surface area (Å²) < 4.78 is 33.4. The van der Waals surface area contributed by atoms with Crippen LogP contribution in [-0.4, -0.2) is 37.4 Å². The second-order valence-electron chi connectivity index (χ2n) is 6.57. The molecule has 3 rings (SSSR count). The Morgan fingerprint density at radius 3 is 2.66 bits per heavy atom. The average Bonchev–Trinajstić information content (AvgIpc) is 3.20. The van der Waals surface area contributed by atoms with Gasteiger partial charge < -0.3 is 10.1 Å². The highest BCUT2D eigenvalue weighted by atomic mass is 32.2. The highest BCUT2D eigenvalue weighted by Gasteiger charge is 2.27. The third-order valence-electron chi connectivity index (χ3n) is 4.64. The molecule has 0 aliphatic heterocycles. The topological polar surface area (TPSA) is 141 Å². The van der Waals surface area contributed by atoms with Gasteiger partial charge in [0.15, 0.2) is 0 Å². The number of aromatic nitrogens is 1. The molecule has 1 saturated carbocycles. The van der Waals surface area contributed by atoms with E-state index in [1.807, 2.05) is 0 Å². The van der Waals surface area contributed by atoms with E-state index in [-0.39, 0.29) is 33.6 Å². The van der Waals surface area contributed by atoms with Gasteiger partial charge in [0.25, 0.3) is 5.91 Å². The summed E-state index contributed by atoms with van der Waals surface area (Å²) in [5, 5.41) is 13.5. The van der Waals surface area contributed by atoms with Crippen molar-refractivity contribution in [2.45, 2.75) is 36.6 Å². The van der Waals surface area contributed by atoms with Crippen LogP contribution in [0, 0.1) is 10.1 Å². The van der Waals surface area contributed by atoms with Crippen LogP contribution in [0.5, 0.6) is 5.75 Å². The lowest BCUT2D eigenvalue weighted by molar-refractivity contribution is -0.384. The van der Waals surface area contributed by atoms with Crippen LogP contribution >= 0.6 is 0 Å². The molecule has 11 heteroatoms. The third-order valence-corrected chi connectivity index (χ3v) is 6.18. The van der Waals surface area contributed by atoms with Crippen molar-refractivity contribution in [1.82, 2.24) is 9.71 Å². The maximum Gasteiger partial charge on any atom is 0.310 e. The summed E-state index contributed by atoms with van der Waals surface area (Å²) in [6.45, 7) is 0. The van der Waals surface area contributed by atoms with Crippen molar-refractivity contribution in [2.24, 2.45) is 0 Å². The number of carbonyl (C=O) groups is 1. The summed E-state index contributed by atoms with van der Waals surface area (Å²) in [5.41, 5.74) is -0.395. The second kappa shape index (κ2) is 8.53. The van der Waals surface area contributed by atoms with E-state index in [9.17, 15) is 23.3 Å². The van der Waals surface area contributed by atoms with Gasteiger partial charge in [0.05, 0.1) is 12.0 Å². The second-order valence-corrected chi connectivity index (χ2v) is 8.25. The van der Waals surface area contributed by atoms with Crippen LogP contribution in [0.1, 0.15) is 36.0 Å². The van der Waals surface area contributed by atoms with Crippen molar-refractivity contribution < 1.29 is 22.9 Å². The number of pyridine rings is 1. The molecule has 29 heavy (non-hydrogen) atoms. The molecule has 1 aromatic carbocycles. The van der Waals surface area contributed by atoms with E-state index in [1.54, 1.807) is 0 Å². The minimum atomic E-state index is -3.91. The number of amides is 1. The lowest BCUT2D eigenvalue weighted by Crippen LogP contribution is -2.33. The Bertz CT molecular complexity index is 1030. The molecular formula is C18H20N4O6S. The average molecular weight is 420 g/mol. The van der Waals surface area contributed by atoms with E-state index >= 15 is 0 Å². The fraction of sp³-hybridized carbons (Fsp3) is 0.333. The maximum atomic E-state index is 12.8. The quantitative estimate of drug-likeness (QED) is 0.518. The number of nitrogens with one attached hydrogen (secondary N) is 2. The van der Waals surface area contributed by atoms with Gasteiger partial charge in [-0.15, -0.1) is 0 Å². The number of nitro groups is 1. The van der Waals surface area contributed by atoms with Crippen LogP contribution < -0.4 is 14.8 Å². The Balaban J connectivity index is 1.90.